The number of hydrogen-bond donors (Lipinski definition) is 1. The lowest BCUT2D eigenvalue weighted by Gasteiger charge is -2.31. The van der Waals surface area contributed by atoms with Gasteiger partial charge < -0.3 is 19.3 Å². The number of ether oxygens (including phenoxy) is 3. The molecule has 2 rings (SSSR count). The zero-order valence-electron chi connectivity index (χ0n) is 13.8. The average molecular weight is 300 g/mol. The number of aliphatic hydroxyl groups is 1. The summed E-state index contributed by atoms with van der Waals surface area (Å²) in [6.07, 6.45) is 8.69. The zero-order valence-corrected chi connectivity index (χ0v) is 13.8. The molecule has 2 aliphatic heterocycles. The lowest BCUT2D eigenvalue weighted by Crippen LogP contribution is -2.36. The van der Waals surface area contributed by atoms with E-state index in [2.05, 4.69) is 13.8 Å². The molecule has 0 aromatic carbocycles. The van der Waals surface area contributed by atoms with Gasteiger partial charge in [-0.05, 0) is 19.8 Å². The summed E-state index contributed by atoms with van der Waals surface area (Å²) >= 11 is 0. The summed E-state index contributed by atoms with van der Waals surface area (Å²) in [7, 11) is 0. The maximum absolute atomic E-state index is 9.47. The van der Waals surface area contributed by atoms with Gasteiger partial charge in [0.25, 0.3) is 0 Å². The third-order valence-electron chi connectivity index (χ3n) is 4.75. The third-order valence-corrected chi connectivity index (χ3v) is 4.75. The molecule has 0 bridgehead atoms. The van der Waals surface area contributed by atoms with E-state index < -0.39 is 5.79 Å². The molecule has 0 spiro atoms. The van der Waals surface area contributed by atoms with Crippen LogP contribution < -0.4 is 0 Å². The predicted molar refractivity (Wildman–Crippen MR) is 82.2 cm³/mol. The van der Waals surface area contributed by atoms with Crippen molar-refractivity contribution in [2.24, 2.45) is 0 Å². The van der Waals surface area contributed by atoms with Crippen molar-refractivity contribution >= 4 is 0 Å². The SMILES string of the molecule is CCCCCC1(CCCCC)OC2[C@H](C)O[C@H](CO)[C@@H]2O1. The Balaban J connectivity index is 2.00. The summed E-state index contributed by atoms with van der Waals surface area (Å²) in [5.41, 5.74) is 0. The first-order chi connectivity index (χ1) is 10.2. The van der Waals surface area contributed by atoms with Gasteiger partial charge in [-0.3, -0.25) is 0 Å². The lowest BCUT2D eigenvalue weighted by atomic mass is 10.0. The van der Waals surface area contributed by atoms with Crippen LogP contribution in [0.25, 0.3) is 0 Å². The summed E-state index contributed by atoms with van der Waals surface area (Å²) in [4.78, 5) is 0. The molecule has 2 heterocycles. The highest BCUT2D eigenvalue weighted by Crippen LogP contribution is 2.43. The Morgan fingerprint density at radius 2 is 1.48 bits per heavy atom. The van der Waals surface area contributed by atoms with Gasteiger partial charge in [0.2, 0.25) is 0 Å². The minimum Gasteiger partial charge on any atom is -0.394 e. The molecule has 4 nitrogen and oxygen atoms in total. The minimum absolute atomic E-state index is 0.00590. The van der Waals surface area contributed by atoms with Gasteiger partial charge in [-0.1, -0.05) is 39.5 Å². The summed E-state index contributed by atoms with van der Waals surface area (Å²) in [6, 6.07) is 0. The molecule has 0 aliphatic carbocycles. The molecule has 1 N–H and O–H groups in total. The number of rotatable bonds is 9. The van der Waals surface area contributed by atoms with Gasteiger partial charge in [0.1, 0.15) is 18.3 Å². The Hall–Kier alpha value is -0.160. The van der Waals surface area contributed by atoms with Crippen LogP contribution in [0.4, 0.5) is 0 Å². The first kappa shape index (κ1) is 17.2. The van der Waals surface area contributed by atoms with Gasteiger partial charge in [-0.25, -0.2) is 0 Å². The number of aliphatic hydroxyl groups excluding tert-OH is 1. The zero-order chi connectivity index (χ0) is 15.3. The Kier molecular flexibility index (Phi) is 6.48. The fourth-order valence-corrected chi connectivity index (χ4v) is 3.54. The third kappa shape index (κ3) is 3.98. The highest BCUT2D eigenvalue weighted by molar-refractivity contribution is 4.98. The van der Waals surface area contributed by atoms with E-state index in [9.17, 15) is 5.11 Å². The van der Waals surface area contributed by atoms with Crippen molar-refractivity contribution in [1.29, 1.82) is 0 Å². The monoisotopic (exact) mass is 300 g/mol. The Bertz CT molecular complexity index is 297. The van der Waals surface area contributed by atoms with Crippen LogP contribution in [0.2, 0.25) is 0 Å². The van der Waals surface area contributed by atoms with E-state index in [0.717, 1.165) is 25.7 Å². The quantitative estimate of drug-likeness (QED) is 0.663. The molecule has 0 aromatic rings. The number of hydrogen-bond acceptors (Lipinski definition) is 4. The fraction of sp³-hybridized carbons (Fsp3) is 1.00. The van der Waals surface area contributed by atoms with Crippen molar-refractivity contribution in [2.75, 3.05) is 6.61 Å². The largest absolute Gasteiger partial charge is 0.394 e. The van der Waals surface area contributed by atoms with Crippen LogP contribution in [-0.2, 0) is 14.2 Å². The van der Waals surface area contributed by atoms with Crippen LogP contribution in [0.1, 0.15) is 72.1 Å². The normalized spacial score (nSPS) is 34.3. The molecule has 124 valence electrons. The maximum atomic E-state index is 9.47. The van der Waals surface area contributed by atoms with Gasteiger partial charge in [-0.2, -0.15) is 0 Å². The maximum Gasteiger partial charge on any atom is 0.169 e. The molecule has 2 fully saturated rings. The molecule has 4 heteroatoms. The van der Waals surface area contributed by atoms with Crippen molar-refractivity contribution < 1.29 is 19.3 Å². The van der Waals surface area contributed by atoms with Crippen LogP contribution in [-0.4, -0.2) is 41.9 Å². The van der Waals surface area contributed by atoms with E-state index in [1.54, 1.807) is 0 Å². The van der Waals surface area contributed by atoms with Crippen LogP contribution in [0.15, 0.2) is 0 Å². The number of fused-ring (bicyclic) bond motifs is 1. The summed E-state index contributed by atoms with van der Waals surface area (Å²) in [5, 5.41) is 9.47. The highest BCUT2D eigenvalue weighted by Gasteiger charge is 2.56. The van der Waals surface area contributed by atoms with Crippen LogP contribution in [0.3, 0.4) is 0 Å². The van der Waals surface area contributed by atoms with E-state index in [4.69, 9.17) is 14.2 Å². The molecule has 21 heavy (non-hydrogen) atoms. The second-order valence-electron chi connectivity index (χ2n) is 6.55. The van der Waals surface area contributed by atoms with Gasteiger partial charge in [-0.15, -0.1) is 0 Å². The van der Waals surface area contributed by atoms with Gasteiger partial charge >= 0.3 is 0 Å². The first-order valence-electron chi connectivity index (χ1n) is 8.77. The fourth-order valence-electron chi connectivity index (χ4n) is 3.54. The first-order valence-corrected chi connectivity index (χ1v) is 8.77. The van der Waals surface area contributed by atoms with Crippen molar-refractivity contribution in [3.8, 4) is 0 Å². The molecule has 0 radical (unpaired) electrons. The Morgan fingerprint density at radius 1 is 0.905 bits per heavy atom. The standard InChI is InChI=1S/C17H32O4/c1-4-6-8-10-17(11-9-7-5-2)20-15-13(3)19-14(12-18)16(15)21-17/h13-16,18H,4-12H2,1-3H3/t13-,14+,15?,16-/m0/s1. The van der Waals surface area contributed by atoms with Crippen molar-refractivity contribution in [2.45, 2.75) is 102 Å². The molecule has 0 amide bonds. The van der Waals surface area contributed by atoms with Crippen LogP contribution in [0, 0.1) is 0 Å². The van der Waals surface area contributed by atoms with E-state index in [1.807, 2.05) is 6.92 Å². The summed E-state index contributed by atoms with van der Waals surface area (Å²) in [6.45, 7) is 6.46. The average Bonchev–Trinajstić information content (AvgIpc) is 2.97. The van der Waals surface area contributed by atoms with E-state index in [1.165, 1.54) is 25.7 Å². The molecule has 2 aliphatic rings. The Morgan fingerprint density at radius 3 is 2.00 bits per heavy atom. The molecular weight excluding hydrogens is 268 g/mol. The van der Waals surface area contributed by atoms with Crippen LogP contribution in [0.5, 0.6) is 0 Å². The van der Waals surface area contributed by atoms with Gasteiger partial charge in [0, 0.05) is 12.8 Å². The molecule has 4 atom stereocenters. The van der Waals surface area contributed by atoms with E-state index in [-0.39, 0.29) is 31.0 Å². The number of unbranched alkanes of at least 4 members (excludes halogenated alkanes) is 4. The molecule has 0 aromatic heterocycles. The van der Waals surface area contributed by atoms with E-state index >= 15 is 0 Å². The second-order valence-corrected chi connectivity index (χ2v) is 6.55. The summed E-state index contributed by atoms with van der Waals surface area (Å²) in [5.74, 6) is -0.439. The molecule has 2 saturated heterocycles. The molecule has 0 saturated carbocycles. The summed E-state index contributed by atoms with van der Waals surface area (Å²) < 4.78 is 18.4. The topological polar surface area (TPSA) is 47.9 Å². The lowest BCUT2D eigenvalue weighted by molar-refractivity contribution is -0.218. The minimum atomic E-state index is -0.439. The smallest absolute Gasteiger partial charge is 0.169 e. The molecule has 1 unspecified atom stereocenters. The van der Waals surface area contributed by atoms with Crippen molar-refractivity contribution in [1.82, 2.24) is 0 Å². The van der Waals surface area contributed by atoms with Crippen LogP contribution >= 0.6 is 0 Å². The van der Waals surface area contributed by atoms with Gasteiger partial charge in [0.15, 0.2) is 5.79 Å². The van der Waals surface area contributed by atoms with Gasteiger partial charge in [0.05, 0.1) is 12.7 Å². The van der Waals surface area contributed by atoms with E-state index in [0.29, 0.717) is 0 Å². The highest BCUT2D eigenvalue weighted by atomic mass is 16.8. The van der Waals surface area contributed by atoms with Crippen molar-refractivity contribution in [3.63, 3.8) is 0 Å². The predicted octanol–water partition coefficient (Wildman–Crippen LogP) is 3.41. The molecular formula is C17H32O4. The second kappa shape index (κ2) is 7.91. The Labute approximate surface area is 129 Å². The van der Waals surface area contributed by atoms with Crippen molar-refractivity contribution in [3.05, 3.63) is 0 Å².